The number of nitriles is 1. The van der Waals surface area contributed by atoms with Crippen molar-refractivity contribution < 1.29 is 23.9 Å². The Kier molecular flexibility index (Phi) is 6.79. The highest BCUT2D eigenvalue weighted by atomic mass is 16.5. The predicted molar refractivity (Wildman–Crippen MR) is 119 cm³/mol. The van der Waals surface area contributed by atoms with Crippen LogP contribution < -0.4 is 16.0 Å². The van der Waals surface area contributed by atoms with Gasteiger partial charge >= 0.3 is 11.9 Å². The molecule has 0 bridgehead atoms. The zero-order valence-corrected chi connectivity index (χ0v) is 18.3. The maximum Gasteiger partial charge on any atom is 0.355 e. The Hall–Kier alpha value is -4.58. The van der Waals surface area contributed by atoms with Crippen molar-refractivity contribution >= 4 is 23.5 Å². The predicted octanol–water partition coefficient (Wildman–Crippen LogP) is 1.94. The lowest BCUT2D eigenvalue weighted by Crippen LogP contribution is -2.40. The van der Waals surface area contributed by atoms with Crippen LogP contribution in [0.2, 0.25) is 0 Å². The minimum Gasteiger partial charge on any atom is -0.466 e. The van der Waals surface area contributed by atoms with Crippen molar-refractivity contribution in [2.45, 2.75) is 5.92 Å². The molecule has 1 unspecified atom stereocenters. The van der Waals surface area contributed by atoms with E-state index < -0.39 is 17.9 Å². The van der Waals surface area contributed by atoms with Crippen molar-refractivity contribution in [3.8, 4) is 6.07 Å². The van der Waals surface area contributed by atoms with Gasteiger partial charge in [0.05, 0.1) is 37.4 Å². The standard InChI is InChI=1S/C24H22N4O5/c1-27-22(29)15-9-11-16(12-10-15)28-20(24(31)33-3)19(23(30)32-2)18(17(13-25)21(28)26)14-7-5-4-6-8-14/h4-12,18H,26H2,1-3H3,(H,27,29). The second-order valence-corrected chi connectivity index (χ2v) is 6.96. The van der Waals surface area contributed by atoms with Gasteiger partial charge in [0, 0.05) is 18.3 Å². The second-order valence-electron chi connectivity index (χ2n) is 6.96. The Bertz CT molecular complexity index is 1190. The van der Waals surface area contributed by atoms with Crippen LogP contribution in [0, 0.1) is 11.3 Å². The van der Waals surface area contributed by atoms with Crippen LogP contribution in [0.4, 0.5) is 5.69 Å². The molecule has 9 heteroatoms. The molecule has 0 aliphatic carbocycles. The summed E-state index contributed by atoms with van der Waals surface area (Å²) in [4.78, 5) is 39.1. The summed E-state index contributed by atoms with van der Waals surface area (Å²) in [6, 6.07) is 17.0. The third-order valence-electron chi connectivity index (χ3n) is 5.23. The molecule has 168 valence electrons. The minimum atomic E-state index is -0.945. The van der Waals surface area contributed by atoms with Crippen LogP contribution in [0.15, 0.2) is 77.3 Å². The molecule has 0 saturated heterocycles. The molecule has 9 nitrogen and oxygen atoms in total. The summed E-state index contributed by atoms with van der Waals surface area (Å²) in [5.41, 5.74) is 7.51. The number of hydrogen-bond donors (Lipinski definition) is 2. The molecule has 0 radical (unpaired) electrons. The normalized spacial score (nSPS) is 15.6. The van der Waals surface area contributed by atoms with Gasteiger partial charge in [-0.1, -0.05) is 30.3 Å². The number of nitrogens with zero attached hydrogens (tertiary/aromatic N) is 2. The van der Waals surface area contributed by atoms with Gasteiger partial charge in [0.2, 0.25) is 0 Å². The third-order valence-corrected chi connectivity index (χ3v) is 5.23. The Balaban J connectivity index is 2.33. The first kappa shape index (κ1) is 23.1. The van der Waals surface area contributed by atoms with Gasteiger partial charge < -0.3 is 20.5 Å². The molecule has 2 aromatic rings. The van der Waals surface area contributed by atoms with Gasteiger partial charge in [0.15, 0.2) is 0 Å². The van der Waals surface area contributed by atoms with Crippen LogP contribution in [0.5, 0.6) is 0 Å². The number of amides is 1. The summed E-state index contributed by atoms with van der Waals surface area (Å²) >= 11 is 0. The molecule has 1 atom stereocenters. The maximum absolute atomic E-state index is 13.0. The average molecular weight is 446 g/mol. The molecule has 0 aromatic heterocycles. The highest BCUT2D eigenvalue weighted by Crippen LogP contribution is 2.43. The topological polar surface area (TPSA) is 135 Å². The Morgan fingerprint density at radius 3 is 2.12 bits per heavy atom. The summed E-state index contributed by atoms with van der Waals surface area (Å²) in [7, 11) is 3.86. The molecule has 1 amide bonds. The van der Waals surface area contributed by atoms with Crippen molar-refractivity contribution in [3.63, 3.8) is 0 Å². The smallest absolute Gasteiger partial charge is 0.355 e. The molecular formula is C24H22N4O5. The van der Waals surface area contributed by atoms with Crippen LogP contribution in [0.1, 0.15) is 21.8 Å². The molecule has 1 aliphatic heterocycles. The van der Waals surface area contributed by atoms with Gasteiger partial charge in [-0.15, -0.1) is 0 Å². The number of hydrogen-bond acceptors (Lipinski definition) is 8. The van der Waals surface area contributed by atoms with Crippen molar-refractivity contribution in [1.82, 2.24) is 5.32 Å². The fraction of sp³-hybridized carbons (Fsp3) is 0.167. The quantitative estimate of drug-likeness (QED) is 0.666. The summed E-state index contributed by atoms with van der Waals surface area (Å²) in [5, 5.41) is 12.5. The first-order valence-electron chi connectivity index (χ1n) is 9.87. The molecule has 0 saturated carbocycles. The Labute approximate surface area is 190 Å². The van der Waals surface area contributed by atoms with Gasteiger partial charge in [0.25, 0.3) is 5.91 Å². The number of anilines is 1. The van der Waals surface area contributed by atoms with Gasteiger partial charge in [-0.25, -0.2) is 9.59 Å². The number of carbonyl (C=O) groups is 3. The lowest BCUT2D eigenvalue weighted by Gasteiger charge is -2.35. The van der Waals surface area contributed by atoms with E-state index in [0.717, 1.165) is 0 Å². The highest BCUT2D eigenvalue weighted by Gasteiger charge is 2.42. The van der Waals surface area contributed by atoms with Crippen molar-refractivity contribution in [2.24, 2.45) is 5.73 Å². The molecule has 1 aliphatic rings. The molecule has 3 rings (SSSR count). The molecule has 0 spiro atoms. The van der Waals surface area contributed by atoms with Crippen LogP contribution in [-0.2, 0) is 19.1 Å². The molecule has 2 aromatic carbocycles. The number of benzene rings is 2. The van der Waals surface area contributed by atoms with Gasteiger partial charge in [-0.2, -0.15) is 5.26 Å². The van der Waals surface area contributed by atoms with Gasteiger partial charge in [0.1, 0.15) is 11.5 Å². The van der Waals surface area contributed by atoms with Crippen LogP contribution >= 0.6 is 0 Å². The van der Waals surface area contributed by atoms with E-state index in [2.05, 4.69) is 11.4 Å². The zero-order chi connectivity index (χ0) is 24.1. The van der Waals surface area contributed by atoms with E-state index in [1.807, 2.05) is 0 Å². The van der Waals surface area contributed by atoms with Crippen molar-refractivity contribution in [1.29, 1.82) is 5.26 Å². The first-order chi connectivity index (χ1) is 15.9. The number of nitrogens with one attached hydrogen (secondary N) is 1. The zero-order valence-electron chi connectivity index (χ0n) is 18.3. The monoisotopic (exact) mass is 446 g/mol. The molecule has 3 N–H and O–H groups in total. The SMILES string of the molecule is CNC(=O)c1ccc(N2C(N)=C(C#N)C(c3ccccc3)C(C(=O)OC)=C2C(=O)OC)cc1. The van der Waals surface area contributed by atoms with E-state index >= 15 is 0 Å². The Morgan fingerprint density at radius 2 is 1.61 bits per heavy atom. The fourth-order valence-corrected chi connectivity index (χ4v) is 3.69. The van der Waals surface area contributed by atoms with Gasteiger partial charge in [-0.3, -0.25) is 9.69 Å². The summed E-state index contributed by atoms with van der Waals surface area (Å²) < 4.78 is 9.96. The summed E-state index contributed by atoms with van der Waals surface area (Å²) in [5.74, 6) is -2.95. The van der Waals surface area contributed by atoms with Crippen LogP contribution in [0.3, 0.4) is 0 Å². The van der Waals surface area contributed by atoms with Crippen LogP contribution in [0.25, 0.3) is 0 Å². The second kappa shape index (κ2) is 9.70. The number of ether oxygens (including phenoxy) is 2. The number of nitrogens with two attached hydrogens (primary N) is 1. The third kappa shape index (κ3) is 4.14. The fourth-order valence-electron chi connectivity index (χ4n) is 3.69. The van der Waals surface area contributed by atoms with E-state index in [9.17, 15) is 19.6 Å². The molecule has 33 heavy (non-hydrogen) atoms. The van der Waals surface area contributed by atoms with Crippen LogP contribution in [-0.4, -0.2) is 39.1 Å². The summed E-state index contributed by atoms with van der Waals surface area (Å²) in [6.45, 7) is 0. The van der Waals surface area contributed by atoms with Crippen molar-refractivity contribution in [3.05, 3.63) is 88.4 Å². The minimum absolute atomic E-state index is 0.0490. The van der Waals surface area contributed by atoms with E-state index in [1.54, 1.807) is 42.5 Å². The van der Waals surface area contributed by atoms with Crippen molar-refractivity contribution in [2.75, 3.05) is 26.2 Å². The molecule has 1 heterocycles. The molecule has 0 fully saturated rings. The molecular weight excluding hydrogens is 424 g/mol. The number of carbonyl (C=O) groups excluding carboxylic acids is 3. The van der Waals surface area contributed by atoms with E-state index in [4.69, 9.17) is 15.2 Å². The van der Waals surface area contributed by atoms with E-state index in [0.29, 0.717) is 16.8 Å². The highest BCUT2D eigenvalue weighted by molar-refractivity contribution is 6.06. The lowest BCUT2D eigenvalue weighted by atomic mass is 9.81. The largest absolute Gasteiger partial charge is 0.466 e. The van der Waals surface area contributed by atoms with E-state index in [1.165, 1.54) is 38.3 Å². The maximum atomic E-state index is 13.0. The van der Waals surface area contributed by atoms with E-state index in [-0.39, 0.29) is 28.6 Å². The first-order valence-corrected chi connectivity index (χ1v) is 9.87. The number of esters is 2. The van der Waals surface area contributed by atoms with Gasteiger partial charge in [-0.05, 0) is 29.8 Å². The lowest BCUT2D eigenvalue weighted by molar-refractivity contribution is -0.139. The number of rotatable bonds is 5. The number of methoxy groups -OCH3 is 2. The average Bonchev–Trinajstić information content (AvgIpc) is 2.87. The number of allylic oxidation sites excluding steroid dienone is 1. The summed E-state index contributed by atoms with van der Waals surface area (Å²) in [6.07, 6.45) is 0. The Morgan fingerprint density at radius 1 is 1.00 bits per heavy atom.